The van der Waals surface area contributed by atoms with Gasteiger partial charge in [0.2, 0.25) is 0 Å². The Morgan fingerprint density at radius 1 is 1.29 bits per heavy atom. The quantitative estimate of drug-likeness (QED) is 0.414. The van der Waals surface area contributed by atoms with Gasteiger partial charge in [0.05, 0.1) is 15.1 Å². The number of carbonyl (C=O) groups is 1. The van der Waals surface area contributed by atoms with Crippen LogP contribution in [-0.4, -0.2) is 15.4 Å². The smallest absolute Gasteiger partial charge is 0.279 e. The number of rotatable bonds is 4. The highest BCUT2D eigenvalue weighted by molar-refractivity contribution is 7.16. The summed E-state index contributed by atoms with van der Waals surface area (Å²) in [6, 6.07) is 13.4. The first kappa shape index (κ1) is 15.8. The number of aromatic nitrogens is 1. The zero-order valence-corrected chi connectivity index (χ0v) is 13.4. The standard InChI is InChI=1S/C17H13N3O3S/c1-2-10-19-14-11-13(20(22)23)8-9-15(14)24-17(19)18-16(21)12-6-4-3-5-7-12/h2-9,11H,1,10H2. The number of thiazole rings is 1. The fourth-order valence-corrected chi connectivity index (χ4v) is 3.31. The Morgan fingerprint density at radius 2 is 2.04 bits per heavy atom. The first-order valence-electron chi connectivity index (χ1n) is 7.13. The average Bonchev–Trinajstić information content (AvgIpc) is 2.92. The van der Waals surface area contributed by atoms with Crippen LogP contribution >= 0.6 is 11.3 Å². The molecule has 24 heavy (non-hydrogen) atoms. The van der Waals surface area contributed by atoms with Gasteiger partial charge in [0.25, 0.3) is 11.6 Å². The maximum Gasteiger partial charge on any atom is 0.279 e. The molecule has 0 saturated carbocycles. The summed E-state index contributed by atoms with van der Waals surface area (Å²) in [7, 11) is 0. The van der Waals surface area contributed by atoms with E-state index in [-0.39, 0.29) is 11.6 Å². The number of carbonyl (C=O) groups excluding carboxylic acids is 1. The van der Waals surface area contributed by atoms with Gasteiger partial charge in [-0.1, -0.05) is 35.6 Å². The van der Waals surface area contributed by atoms with Crippen molar-refractivity contribution in [2.24, 2.45) is 4.99 Å². The van der Waals surface area contributed by atoms with E-state index in [0.29, 0.717) is 22.4 Å². The van der Waals surface area contributed by atoms with Crippen molar-refractivity contribution in [2.45, 2.75) is 6.54 Å². The molecule has 3 rings (SSSR count). The number of non-ortho nitro benzene ring substituents is 1. The summed E-state index contributed by atoms with van der Waals surface area (Å²) in [6.07, 6.45) is 1.66. The predicted molar refractivity (Wildman–Crippen MR) is 93.0 cm³/mol. The highest BCUT2D eigenvalue weighted by Crippen LogP contribution is 2.23. The lowest BCUT2D eigenvalue weighted by Crippen LogP contribution is -2.16. The molecule has 0 fully saturated rings. The van der Waals surface area contributed by atoms with Gasteiger partial charge in [-0.2, -0.15) is 4.99 Å². The van der Waals surface area contributed by atoms with E-state index in [1.165, 1.54) is 23.5 Å². The molecule has 6 nitrogen and oxygen atoms in total. The molecule has 3 aromatic rings. The van der Waals surface area contributed by atoms with Crippen molar-refractivity contribution in [3.63, 3.8) is 0 Å². The molecule has 1 amide bonds. The van der Waals surface area contributed by atoms with Gasteiger partial charge >= 0.3 is 0 Å². The number of nitro groups is 1. The maximum absolute atomic E-state index is 12.3. The van der Waals surface area contributed by atoms with Crippen LogP contribution < -0.4 is 4.80 Å². The summed E-state index contributed by atoms with van der Waals surface area (Å²) < 4.78 is 2.57. The second kappa shape index (κ2) is 6.59. The van der Waals surface area contributed by atoms with Crippen LogP contribution in [-0.2, 0) is 6.54 Å². The zero-order valence-electron chi connectivity index (χ0n) is 12.6. The van der Waals surface area contributed by atoms with Crippen molar-refractivity contribution < 1.29 is 9.72 Å². The molecule has 0 radical (unpaired) electrons. The summed E-state index contributed by atoms with van der Waals surface area (Å²) in [4.78, 5) is 27.5. The Labute approximate surface area is 141 Å². The van der Waals surface area contributed by atoms with Gasteiger partial charge in [-0.25, -0.2) is 0 Å². The van der Waals surface area contributed by atoms with Crippen molar-refractivity contribution in [3.05, 3.63) is 81.7 Å². The van der Waals surface area contributed by atoms with Crippen molar-refractivity contribution in [1.82, 2.24) is 4.57 Å². The van der Waals surface area contributed by atoms with Crippen molar-refractivity contribution in [3.8, 4) is 0 Å². The molecule has 0 bridgehead atoms. The molecule has 0 saturated heterocycles. The minimum absolute atomic E-state index is 0.000881. The lowest BCUT2D eigenvalue weighted by atomic mass is 10.2. The number of nitro benzene ring substituents is 1. The van der Waals surface area contributed by atoms with E-state index in [9.17, 15) is 14.9 Å². The van der Waals surface area contributed by atoms with Crippen molar-refractivity contribution >= 4 is 33.1 Å². The number of nitrogens with zero attached hydrogens (tertiary/aromatic N) is 3. The number of hydrogen-bond acceptors (Lipinski definition) is 4. The van der Waals surface area contributed by atoms with Gasteiger partial charge in [-0.15, -0.1) is 6.58 Å². The van der Waals surface area contributed by atoms with Crippen LogP contribution in [0.4, 0.5) is 5.69 Å². The minimum atomic E-state index is -0.443. The summed E-state index contributed by atoms with van der Waals surface area (Å²) >= 11 is 1.31. The molecule has 0 aliphatic rings. The predicted octanol–water partition coefficient (Wildman–Crippen LogP) is 3.54. The third kappa shape index (κ3) is 3.02. The van der Waals surface area contributed by atoms with Gasteiger partial charge in [-0.05, 0) is 18.2 Å². The molecule has 0 aliphatic carbocycles. The summed E-state index contributed by atoms with van der Waals surface area (Å²) in [5.41, 5.74) is 1.15. The Bertz CT molecular complexity index is 1000. The van der Waals surface area contributed by atoms with Crippen LogP contribution in [0.15, 0.2) is 66.2 Å². The molecular weight excluding hydrogens is 326 g/mol. The first-order valence-corrected chi connectivity index (χ1v) is 7.94. The Morgan fingerprint density at radius 3 is 2.71 bits per heavy atom. The van der Waals surface area contributed by atoms with E-state index >= 15 is 0 Å². The van der Waals surface area contributed by atoms with Crippen LogP contribution in [0.5, 0.6) is 0 Å². The Kier molecular flexibility index (Phi) is 4.35. The van der Waals surface area contributed by atoms with Gasteiger partial charge in [-0.3, -0.25) is 14.9 Å². The number of allylic oxidation sites excluding steroid dienone is 1. The van der Waals surface area contributed by atoms with Gasteiger partial charge in [0, 0.05) is 24.2 Å². The van der Waals surface area contributed by atoms with Crippen molar-refractivity contribution in [2.75, 3.05) is 0 Å². The summed E-state index contributed by atoms with van der Waals surface area (Å²) in [5, 5.41) is 11.0. The maximum atomic E-state index is 12.3. The monoisotopic (exact) mass is 339 g/mol. The second-order valence-electron chi connectivity index (χ2n) is 4.98. The molecule has 1 aromatic heterocycles. The summed E-state index contributed by atoms with van der Waals surface area (Å²) in [6.45, 7) is 4.11. The van der Waals surface area contributed by atoms with E-state index in [1.54, 1.807) is 41.0 Å². The lowest BCUT2D eigenvalue weighted by molar-refractivity contribution is -0.384. The topological polar surface area (TPSA) is 77.5 Å². The van der Waals surface area contributed by atoms with E-state index in [1.807, 2.05) is 6.07 Å². The van der Waals surface area contributed by atoms with Gasteiger partial charge in [0.15, 0.2) is 4.80 Å². The van der Waals surface area contributed by atoms with E-state index in [4.69, 9.17) is 0 Å². The third-order valence-corrected chi connectivity index (χ3v) is 4.47. The largest absolute Gasteiger partial charge is 0.312 e. The highest BCUT2D eigenvalue weighted by Gasteiger charge is 2.12. The van der Waals surface area contributed by atoms with Crippen LogP contribution in [0.3, 0.4) is 0 Å². The van der Waals surface area contributed by atoms with Gasteiger partial charge in [0.1, 0.15) is 0 Å². The lowest BCUT2D eigenvalue weighted by Gasteiger charge is -2.01. The van der Waals surface area contributed by atoms with E-state index < -0.39 is 4.92 Å². The first-order chi connectivity index (χ1) is 11.6. The van der Waals surface area contributed by atoms with Crippen LogP contribution in [0, 0.1) is 10.1 Å². The molecule has 0 unspecified atom stereocenters. The second-order valence-corrected chi connectivity index (χ2v) is 5.99. The highest BCUT2D eigenvalue weighted by atomic mass is 32.1. The molecule has 0 N–H and O–H groups in total. The molecule has 2 aromatic carbocycles. The van der Waals surface area contributed by atoms with Crippen LogP contribution in [0.2, 0.25) is 0 Å². The molecule has 0 aliphatic heterocycles. The van der Waals surface area contributed by atoms with Crippen molar-refractivity contribution in [1.29, 1.82) is 0 Å². The van der Waals surface area contributed by atoms with Crippen LogP contribution in [0.25, 0.3) is 10.2 Å². The molecule has 0 atom stereocenters. The molecule has 1 heterocycles. The SMILES string of the molecule is C=CCn1c(=NC(=O)c2ccccc2)sc2ccc([N+](=O)[O-])cc21. The third-order valence-electron chi connectivity index (χ3n) is 3.41. The normalized spacial score (nSPS) is 11.6. The fraction of sp³-hybridized carbons (Fsp3) is 0.0588. The molecule has 7 heteroatoms. The molecule has 0 spiro atoms. The van der Waals surface area contributed by atoms with E-state index in [0.717, 1.165) is 4.70 Å². The fourth-order valence-electron chi connectivity index (χ4n) is 2.29. The van der Waals surface area contributed by atoms with E-state index in [2.05, 4.69) is 11.6 Å². The Hall–Kier alpha value is -3.06. The zero-order chi connectivity index (χ0) is 17.1. The van der Waals surface area contributed by atoms with Crippen LogP contribution in [0.1, 0.15) is 10.4 Å². The molecular formula is C17H13N3O3S. The molecule has 120 valence electrons. The van der Waals surface area contributed by atoms with Gasteiger partial charge < -0.3 is 4.57 Å². The summed E-state index contributed by atoms with van der Waals surface area (Å²) in [5.74, 6) is -0.352. The average molecular weight is 339 g/mol. The number of hydrogen-bond donors (Lipinski definition) is 0. The number of amides is 1. The number of fused-ring (bicyclic) bond motifs is 1. The minimum Gasteiger partial charge on any atom is -0.312 e. The Balaban J connectivity index is 2.18. The number of benzene rings is 2.